The number of hydrogen-bond donors (Lipinski definition) is 0. The summed E-state index contributed by atoms with van der Waals surface area (Å²) in [6, 6.07) is 9.04. The molecule has 0 N–H and O–H groups in total. The molecule has 4 aliphatic heterocycles. The number of amides is 4. The van der Waals surface area contributed by atoms with Crippen molar-refractivity contribution < 1.29 is 27.6 Å². The van der Waals surface area contributed by atoms with Crippen molar-refractivity contribution in [2.45, 2.75) is 102 Å². The predicted octanol–water partition coefficient (Wildman–Crippen LogP) is 5.69. The molecular weight excluding hydrogens is 569 g/mol. The Morgan fingerprint density at radius 3 is 2.12 bits per heavy atom. The fraction of sp³-hybridized carbons (Fsp3) is 0.710. The fourth-order valence-corrected chi connectivity index (χ4v) is 7.95. The van der Waals surface area contributed by atoms with Gasteiger partial charge in [0.1, 0.15) is 12.1 Å². The fourth-order valence-electron chi connectivity index (χ4n) is 7.95. The topological polar surface area (TPSA) is 64.2 Å². The zero-order valence-electron chi connectivity index (χ0n) is 25.2. The van der Waals surface area contributed by atoms with Crippen LogP contribution in [-0.2, 0) is 9.59 Å². The van der Waals surface area contributed by atoms with Crippen LogP contribution in [0.5, 0.6) is 0 Å². The number of imide groups is 1. The molecule has 0 saturated carbocycles. The van der Waals surface area contributed by atoms with E-state index in [1.165, 1.54) is 10.5 Å². The largest absolute Gasteiger partial charge is 0.406 e. The Morgan fingerprint density at radius 2 is 1.60 bits per heavy atom. The smallest absolute Gasteiger partial charge is 0.342 e. The second-order valence-corrected chi connectivity index (χ2v) is 14.1. The van der Waals surface area contributed by atoms with E-state index in [-0.39, 0.29) is 47.6 Å². The van der Waals surface area contributed by atoms with Gasteiger partial charge in [-0.25, -0.2) is 4.79 Å². The van der Waals surface area contributed by atoms with Crippen molar-refractivity contribution in [1.82, 2.24) is 19.6 Å². The standard InChI is InChI=1S/C31H43F3N4O3.ClH/c1-20(2)38-28(41)37(19-31(32,33)34)27(40)30(38)13-23-11-12-24(14-30)36(23)17-22-16-35(26(39)15-29(3,4)5)18-25(22)21-9-7-6-8-10-21;/h6-10,20,22-25H,11-19H2,1-5H3;1H/t22-,23?,24?,25-,30?;/m1./s1. The van der Waals surface area contributed by atoms with Crippen LogP contribution in [0, 0.1) is 11.3 Å². The number of benzene rings is 1. The molecule has 0 radical (unpaired) electrons. The van der Waals surface area contributed by atoms with Crippen LogP contribution >= 0.6 is 12.4 Å². The van der Waals surface area contributed by atoms with E-state index in [0.29, 0.717) is 37.3 Å². The molecule has 4 fully saturated rings. The van der Waals surface area contributed by atoms with Crippen LogP contribution < -0.4 is 0 Å². The third-order valence-corrected chi connectivity index (χ3v) is 9.46. The summed E-state index contributed by atoms with van der Waals surface area (Å²) in [6.07, 6.45) is -1.80. The van der Waals surface area contributed by atoms with E-state index in [9.17, 15) is 27.6 Å². The number of halogens is 4. The van der Waals surface area contributed by atoms with Crippen molar-refractivity contribution in [1.29, 1.82) is 0 Å². The van der Waals surface area contributed by atoms with Crippen molar-refractivity contribution >= 4 is 30.3 Å². The molecule has 7 nitrogen and oxygen atoms in total. The second kappa shape index (κ2) is 11.6. The summed E-state index contributed by atoms with van der Waals surface area (Å²) in [7, 11) is 0. The summed E-state index contributed by atoms with van der Waals surface area (Å²) < 4.78 is 40.0. The molecule has 4 heterocycles. The van der Waals surface area contributed by atoms with Crippen LogP contribution in [0.25, 0.3) is 0 Å². The summed E-state index contributed by atoms with van der Waals surface area (Å²) in [6.45, 7) is 10.3. The molecule has 11 heteroatoms. The Bertz CT molecular complexity index is 1160. The lowest BCUT2D eigenvalue weighted by Gasteiger charge is -2.48. The summed E-state index contributed by atoms with van der Waals surface area (Å²) in [5.74, 6) is -0.164. The lowest BCUT2D eigenvalue weighted by Crippen LogP contribution is -2.62. The normalized spacial score (nSPS) is 30.2. The number of nitrogens with zero attached hydrogens (tertiary/aromatic N) is 4. The van der Waals surface area contributed by atoms with Crippen LogP contribution in [0.1, 0.15) is 78.2 Å². The molecule has 4 aliphatic rings. The van der Waals surface area contributed by atoms with Crippen molar-refractivity contribution in [3.8, 4) is 0 Å². The van der Waals surface area contributed by atoms with Gasteiger partial charge in [0, 0.05) is 50.1 Å². The first kappa shape index (κ1) is 32.6. The van der Waals surface area contributed by atoms with Gasteiger partial charge in [-0.2, -0.15) is 13.2 Å². The molecule has 234 valence electrons. The zero-order valence-corrected chi connectivity index (χ0v) is 26.0. The van der Waals surface area contributed by atoms with Crippen molar-refractivity contribution in [2.75, 3.05) is 26.2 Å². The van der Waals surface area contributed by atoms with Gasteiger partial charge in [0.05, 0.1) is 0 Å². The van der Waals surface area contributed by atoms with Crippen LogP contribution in [0.2, 0.25) is 0 Å². The molecule has 42 heavy (non-hydrogen) atoms. The highest BCUT2D eigenvalue weighted by molar-refractivity contribution is 6.07. The summed E-state index contributed by atoms with van der Waals surface area (Å²) in [5.41, 5.74) is -0.137. The number of alkyl halides is 3. The lowest BCUT2D eigenvalue weighted by atomic mass is 9.79. The number of rotatable bonds is 6. The number of piperidine rings is 1. The average molecular weight is 613 g/mol. The Balaban J connectivity index is 0.00000405. The van der Waals surface area contributed by atoms with Gasteiger partial charge >= 0.3 is 12.2 Å². The van der Waals surface area contributed by atoms with Crippen LogP contribution in [-0.4, -0.2) is 93.5 Å². The molecule has 5 rings (SSSR count). The first-order valence-electron chi connectivity index (χ1n) is 14.9. The summed E-state index contributed by atoms with van der Waals surface area (Å²) in [4.78, 5) is 46.3. The van der Waals surface area contributed by atoms with E-state index >= 15 is 0 Å². The van der Waals surface area contributed by atoms with E-state index in [4.69, 9.17) is 0 Å². The highest BCUT2D eigenvalue weighted by atomic mass is 35.5. The minimum atomic E-state index is -4.65. The monoisotopic (exact) mass is 612 g/mol. The van der Waals surface area contributed by atoms with E-state index in [1.54, 1.807) is 13.8 Å². The predicted molar refractivity (Wildman–Crippen MR) is 156 cm³/mol. The maximum absolute atomic E-state index is 13.6. The summed E-state index contributed by atoms with van der Waals surface area (Å²) in [5, 5.41) is 0. The van der Waals surface area contributed by atoms with E-state index < -0.39 is 36.2 Å². The van der Waals surface area contributed by atoms with Gasteiger partial charge < -0.3 is 9.80 Å². The molecule has 1 aromatic carbocycles. The third kappa shape index (κ3) is 6.16. The van der Waals surface area contributed by atoms with E-state index in [1.807, 2.05) is 23.1 Å². The van der Waals surface area contributed by atoms with Gasteiger partial charge in [-0.15, -0.1) is 12.4 Å². The first-order chi connectivity index (χ1) is 19.1. The first-order valence-corrected chi connectivity index (χ1v) is 14.9. The SMILES string of the molecule is CC(C)N1C(=O)N(CC(F)(F)F)C(=O)C12CC1CCC(C2)N1C[C@H]1CN(C(=O)CC(C)(C)C)C[C@@H]1c1ccccc1.Cl. The summed E-state index contributed by atoms with van der Waals surface area (Å²) >= 11 is 0. The maximum atomic E-state index is 13.6. The van der Waals surface area contributed by atoms with Crippen molar-refractivity contribution in [2.24, 2.45) is 11.3 Å². The third-order valence-electron chi connectivity index (χ3n) is 9.46. The number of carbonyl (C=O) groups excluding carboxylic acids is 3. The zero-order chi connectivity index (χ0) is 29.9. The molecule has 4 atom stereocenters. The van der Waals surface area contributed by atoms with Gasteiger partial charge in [0.15, 0.2) is 0 Å². The van der Waals surface area contributed by atoms with Gasteiger partial charge in [-0.05, 0) is 56.4 Å². The van der Waals surface area contributed by atoms with E-state index in [0.717, 1.165) is 19.4 Å². The minimum absolute atomic E-state index is 0. The Labute approximate surface area is 253 Å². The Morgan fingerprint density at radius 1 is 1.00 bits per heavy atom. The molecular formula is C31H44ClF3N4O3. The molecule has 4 saturated heterocycles. The molecule has 1 spiro atoms. The molecule has 4 amide bonds. The number of carbonyl (C=O) groups is 3. The highest BCUT2D eigenvalue weighted by Crippen LogP contribution is 2.49. The quantitative estimate of drug-likeness (QED) is 0.388. The highest BCUT2D eigenvalue weighted by Gasteiger charge is 2.64. The van der Waals surface area contributed by atoms with Crippen molar-refractivity contribution in [3.63, 3.8) is 0 Å². The number of fused-ring (bicyclic) bond motifs is 2. The lowest BCUT2D eigenvalue weighted by molar-refractivity contribution is -0.157. The van der Waals surface area contributed by atoms with Crippen molar-refractivity contribution in [3.05, 3.63) is 35.9 Å². The minimum Gasteiger partial charge on any atom is -0.342 e. The molecule has 1 aromatic rings. The van der Waals surface area contributed by atoms with Gasteiger partial charge in [-0.3, -0.25) is 19.4 Å². The van der Waals surface area contributed by atoms with Crippen LogP contribution in [0.3, 0.4) is 0 Å². The number of urea groups is 1. The van der Waals surface area contributed by atoms with Crippen LogP contribution in [0.4, 0.5) is 18.0 Å². The van der Waals surface area contributed by atoms with Gasteiger partial charge in [0.2, 0.25) is 5.91 Å². The van der Waals surface area contributed by atoms with Gasteiger partial charge in [-0.1, -0.05) is 51.1 Å². The average Bonchev–Trinajstić information content (AvgIpc) is 3.44. The van der Waals surface area contributed by atoms with Gasteiger partial charge in [0.25, 0.3) is 5.91 Å². The molecule has 0 aliphatic carbocycles. The van der Waals surface area contributed by atoms with Crippen LogP contribution in [0.15, 0.2) is 30.3 Å². The molecule has 0 aromatic heterocycles. The molecule has 2 unspecified atom stereocenters. The number of likely N-dealkylation sites (tertiary alicyclic amines) is 1. The Kier molecular flexibility index (Phi) is 9.03. The van der Waals surface area contributed by atoms with E-state index in [2.05, 4.69) is 37.8 Å². The second-order valence-electron chi connectivity index (χ2n) is 14.1. The molecule has 2 bridgehead atoms. The Hall–Kier alpha value is -2.33. The maximum Gasteiger partial charge on any atom is 0.406 e. The number of hydrogen-bond acceptors (Lipinski definition) is 4.